The van der Waals surface area contributed by atoms with Gasteiger partial charge in [-0.1, -0.05) is 11.6 Å². The molecule has 2 aromatic carbocycles. The van der Waals surface area contributed by atoms with E-state index in [9.17, 15) is 13.2 Å². The Kier molecular flexibility index (Phi) is 5.21. The number of amides is 1. The first-order valence-corrected chi connectivity index (χ1v) is 9.98. The minimum absolute atomic E-state index is 0.0690. The molecule has 1 aliphatic heterocycles. The topological polar surface area (TPSA) is 84.9 Å². The SMILES string of the molecule is COc1cc(NS(=O)(=O)c2ccc3c(c2)CCN3C(C)=O)c(OC)cc1Cl. The average molecular weight is 411 g/mol. The predicted molar refractivity (Wildman–Crippen MR) is 104 cm³/mol. The molecule has 0 aliphatic carbocycles. The Morgan fingerprint density at radius 1 is 1.15 bits per heavy atom. The molecule has 0 saturated heterocycles. The van der Waals surface area contributed by atoms with E-state index in [4.69, 9.17) is 21.1 Å². The molecule has 0 bridgehead atoms. The molecular weight excluding hydrogens is 392 g/mol. The zero-order valence-electron chi connectivity index (χ0n) is 15.1. The highest BCUT2D eigenvalue weighted by Crippen LogP contribution is 2.37. The number of fused-ring (bicyclic) bond motifs is 1. The first-order chi connectivity index (χ1) is 12.8. The number of nitrogens with one attached hydrogen (secondary N) is 1. The number of sulfonamides is 1. The van der Waals surface area contributed by atoms with Crippen molar-refractivity contribution < 1.29 is 22.7 Å². The van der Waals surface area contributed by atoms with Gasteiger partial charge in [0.15, 0.2) is 0 Å². The van der Waals surface area contributed by atoms with Crippen LogP contribution >= 0.6 is 11.6 Å². The van der Waals surface area contributed by atoms with Crippen molar-refractivity contribution in [2.75, 3.05) is 30.4 Å². The molecule has 27 heavy (non-hydrogen) atoms. The van der Waals surface area contributed by atoms with Crippen molar-refractivity contribution in [3.05, 3.63) is 40.9 Å². The van der Waals surface area contributed by atoms with Crippen LogP contribution in [0.4, 0.5) is 11.4 Å². The normalized spacial score (nSPS) is 13.3. The Balaban J connectivity index is 1.96. The van der Waals surface area contributed by atoms with Crippen molar-refractivity contribution in [2.45, 2.75) is 18.2 Å². The van der Waals surface area contributed by atoms with Gasteiger partial charge in [-0.3, -0.25) is 9.52 Å². The average Bonchev–Trinajstić information content (AvgIpc) is 3.06. The van der Waals surface area contributed by atoms with Crippen LogP contribution in [0.1, 0.15) is 12.5 Å². The molecule has 0 unspecified atom stereocenters. The summed E-state index contributed by atoms with van der Waals surface area (Å²) in [5.41, 5.74) is 1.77. The molecule has 1 aliphatic rings. The van der Waals surface area contributed by atoms with Gasteiger partial charge in [-0.15, -0.1) is 0 Å². The summed E-state index contributed by atoms with van der Waals surface area (Å²) in [4.78, 5) is 13.4. The fourth-order valence-corrected chi connectivity index (χ4v) is 4.36. The number of ether oxygens (including phenoxy) is 2. The highest BCUT2D eigenvalue weighted by Gasteiger charge is 2.25. The lowest BCUT2D eigenvalue weighted by Crippen LogP contribution is -2.25. The van der Waals surface area contributed by atoms with Gasteiger partial charge in [0.25, 0.3) is 10.0 Å². The van der Waals surface area contributed by atoms with Crippen molar-refractivity contribution in [1.29, 1.82) is 0 Å². The summed E-state index contributed by atoms with van der Waals surface area (Å²) in [6.07, 6.45) is 0.608. The van der Waals surface area contributed by atoms with E-state index in [1.54, 1.807) is 17.0 Å². The Morgan fingerprint density at radius 3 is 2.48 bits per heavy atom. The van der Waals surface area contributed by atoms with Crippen LogP contribution in [0, 0.1) is 0 Å². The van der Waals surface area contributed by atoms with Gasteiger partial charge >= 0.3 is 0 Å². The van der Waals surface area contributed by atoms with E-state index in [1.807, 2.05) is 0 Å². The van der Waals surface area contributed by atoms with Crippen LogP contribution in [-0.4, -0.2) is 35.1 Å². The molecule has 1 N–H and O–H groups in total. The lowest BCUT2D eigenvalue weighted by molar-refractivity contribution is -0.116. The molecule has 0 aromatic heterocycles. The maximum absolute atomic E-state index is 12.8. The van der Waals surface area contributed by atoms with Gasteiger partial charge in [0, 0.05) is 31.3 Å². The Hall–Kier alpha value is -2.45. The molecule has 144 valence electrons. The highest BCUT2D eigenvalue weighted by atomic mass is 35.5. The Morgan fingerprint density at radius 2 is 1.85 bits per heavy atom. The van der Waals surface area contributed by atoms with Gasteiger partial charge in [-0.25, -0.2) is 8.42 Å². The second-order valence-electron chi connectivity index (χ2n) is 6.00. The summed E-state index contributed by atoms with van der Waals surface area (Å²) < 4.78 is 38.6. The zero-order valence-corrected chi connectivity index (χ0v) is 16.6. The molecule has 1 heterocycles. The molecule has 3 rings (SSSR count). The van der Waals surface area contributed by atoms with Gasteiger partial charge in [0.05, 0.1) is 29.8 Å². The molecule has 9 heteroatoms. The van der Waals surface area contributed by atoms with Crippen molar-refractivity contribution >= 4 is 38.9 Å². The van der Waals surface area contributed by atoms with E-state index in [2.05, 4.69) is 4.72 Å². The number of hydrogen-bond donors (Lipinski definition) is 1. The maximum Gasteiger partial charge on any atom is 0.262 e. The zero-order chi connectivity index (χ0) is 19.8. The van der Waals surface area contributed by atoms with Gasteiger partial charge in [-0.05, 0) is 30.2 Å². The first-order valence-electron chi connectivity index (χ1n) is 8.12. The molecule has 1 amide bonds. The van der Waals surface area contributed by atoms with Gasteiger partial charge in [0.1, 0.15) is 11.5 Å². The van der Waals surface area contributed by atoms with E-state index in [-0.39, 0.29) is 22.2 Å². The number of halogens is 1. The van der Waals surface area contributed by atoms with Crippen LogP contribution in [0.25, 0.3) is 0 Å². The predicted octanol–water partition coefficient (Wildman–Crippen LogP) is 3.07. The summed E-state index contributed by atoms with van der Waals surface area (Å²) in [5, 5.41) is 0.305. The van der Waals surface area contributed by atoms with Crippen LogP contribution in [0.2, 0.25) is 5.02 Å². The van der Waals surface area contributed by atoms with E-state index in [0.29, 0.717) is 23.7 Å². The maximum atomic E-state index is 12.8. The molecule has 0 fully saturated rings. The third-order valence-corrected chi connectivity index (χ3v) is 6.01. The summed E-state index contributed by atoms with van der Waals surface area (Å²) in [5.74, 6) is 0.523. The summed E-state index contributed by atoms with van der Waals surface area (Å²) >= 11 is 6.06. The number of methoxy groups -OCH3 is 2. The van der Waals surface area contributed by atoms with Crippen LogP contribution in [0.15, 0.2) is 35.2 Å². The third-order valence-electron chi connectivity index (χ3n) is 4.36. The van der Waals surface area contributed by atoms with E-state index < -0.39 is 10.0 Å². The minimum atomic E-state index is -3.88. The Bertz CT molecular complexity index is 1010. The van der Waals surface area contributed by atoms with Crippen molar-refractivity contribution in [1.82, 2.24) is 0 Å². The summed E-state index contributed by atoms with van der Waals surface area (Å²) in [6.45, 7) is 2.03. The second kappa shape index (κ2) is 7.28. The number of nitrogens with zero attached hydrogens (tertiary/aromatic N) is 1. The number of hydrogen-bond acceptors (Lipinski definition) is 5. The van der Waals surface area contributed by atoms with Crippen molar-refractivity contribution in [3.63, 3.8) is 0 Å². The molecule has 0 saturated carbocycles. The van der Waals surface area contributed by atoms with Gasteiger partial charge in [-0.2, -0.15) is 0 Å². The monoisotopic (exact) mass is 410 g/mol. The second-order valence-corrected chi connectivity index (χ2v) is 8.09. The quantitative estimate of drug-likeness (QED) is 0.818. The molecule has 0 spiro atoms. The summed E-state index contributed by atoms with van der Waals surface area (Å²) in [7, 11) is -1.02. The molecule has 0 atom stereocenters. The van der Waals surface area contributed by atoms with E-state index >= 15 is 0 Å². The molecule has 0 radical (unpaired) electrons. The largest absolute Gasteiger partial charge is 0.495 e. The fraction of sp³-hybridized carbons (Fsp3) is 0.278. The van der Waals surface area contributed by atoms with E-state index in [0.717, 1.165) is 11.3 Å². The molecule has 2 aromatic rings. The van der Waals surface area contributed by atoms with E-state index in [1.165, 1.54) is 39.3 Å². The standard InChI is InChI=1S/C18H19ClN2O5S/c1-11(22)21-7-6-12-8-13(4-5-16(12)21)27(23,24)20-15-10-17(25-2)14(19)9-18(15)26-3/h4-5,8-10,20H,6-7H2,1-3H3. The summed E-state index contributed by atoms with van der Waals surface area (Å²) in [6, 6.07) is 7.65. The Labute approximate surface area is 162 Å². The smallest absolute Gasteiger partial charge is 0.262 e. The van der Waals surface area contributed by atoms with Crippen molar-refractivity contribution in [2.24, 2.45) is 0 Å². The van der Waals surface area contributed by atoms with Crippen molar-refractivity contribution in [3.8, 4) is 11.5 Å². The third kappa shape index (κ3) is 3.68. The number of carbonyl (C=O) groups is 1. The van der Waals surface area contributed by atoms with Crippen LogP contribution in [0.5, 0.6) is 11.5 Å². The fourth-order valence-electron chi connectivity index (χ4n) is 3.02. The highest BCUT2D eigenvalue weighted by molar-refractivity contribution is 7.92. The van der Waals surface area contributed by atoms with Gasteiger partial charge in [0.2, 0.25) is 5.91 Å². The van der Waals surface area contributed by atoms with Crippen LogP contribution in [0.3, 0.4) is 0 Å². The molecule has 7 nitrogen and oxygen atoms in total. The minimum Gasteiger partial charge on any atom is -0.495 e. The number of anilines is 2. The van der Waals surface area contributed by atoms with Crippen LogP contribution < -0.4 is 19.1 Å². The number of carbonyl (C=O) groups excluding carboxylic acids is 1. The van der Waals surface area contributed by atoms with Crippen LogP contribution in [-0.2, 0) is 21.2 Å². The lowest BCUT2D eigenvalue weighted by atomic mass is 10.2. The van der Waals surface area contributed by atoms with Gasteiger partial charge < -0.3 is 14.4 Å². The molecular formula is C18H19ClN2O5S. The first kappa shape index (κ1) is 19.3. The number of rotatable bonds is 5. The number of benzene rings is 2. The lowest BCUT2D eigenvalue weighted by Gasteiger charge is -2.16.